The second-order valence-corrected chi connectivity index (χ2v) is 5.83. The van der Waals surface area contributed by atoms with Gasteiger partial charge in [-0.05, 0) is 31.7 Å². The zero-order valence-electron chi connectivity index (χ0n) is 11.3. The first-order chi connectivity index (χ1) is 9.67. The van der Waals surface area contributed by atoms with Crippen LogP contribution in [0.1, 0.15) is 34.1 Å². The number of anilines is 1. The molecule has 20 heavy (non-hydrogen) atoms. The van der Waals surface area contributed by atoms with Gasteiger partial charge in [0.1, 0.15) is 5.00 Å². The minimum absolute atomic E-state index is 0.321. The van der Waals surface area contributed by atoms with Crippen LogP contribution in [0.2, 0.25) is 0 Å². The molecule has 2 N–H and O–H groups in total. The molecule has 7 heteroatoms. The summed E-state index contributed by atoms with van der Waals surface area (Å²) in [5.41, 5.74) is 1.55. The van der Waals surface area contributed by atoms with Gasteiger partial charge < -0.3 is 10.1 Å². The van der Waals surface area contributed by atoms with Crippen LogP contribution >= 0.6 is 22.9 Å². The Bertz CT molecular complexity index is 516. The second kappa shape index (κ2) is 6.95. The predicted octanol–water partition coefficient (Wildman–Crippen LogP) is 2.77. The van der Waals surface area contributed by atoms with Crippen molar-refractivity contribution in [3.63, 3.8) is 0 Å². The molecule has 0 aliphatic heterocycles. The molecule has 1 heterocycles. The predicted molar refractivity (Wildman–Crippen MR) is 80.0 cm³/mol. The summed E-state index contributed by atoms with van der Waals surface area (Å²) in [6.45, 7) is 2.47. The molecule has 0 spiro atoms. The number of ether oxygens (including phenoxy) is 1. The molecule has 1 aliphatic rings. The monoisotopic (exact) mass is 316 g/mol. The Kier molecular flexibility index (Phi) is 5.25. The molecule has 1 aromatic rings. The van der Waals surface area contributed by atoms with E-state index in [9.17, 15) is 9.59 Å². The summed E-state index contributed by atoms with van der Waals surface area (Å²) >= 11 is 6.98. The number of amides is 2. The molecule has 1 aromatic heterocycles. The minimum Gasteiger partial charge on any atom is -0.462 e. The van der Waals surface area contributed by atoms with Gasteiger partial charge in [0.2, 0.25) is 0 Å². The molecule has 0 radical (unpaired) electrons. The SMILES string of the molecule is CCOC(=O)c1c(NC(=O)NCCCl)sc2c1CCC2. The molecule has 2 rings (SSSR count). The van der Waals surface area contributed by atoms with Crippen molar-refractivity contribution in [2.75, 3.05) is 24.3 Å². The van der Waals surface area contributed by atoms with Crippen molar-refractivity contribution in [3.8, 4) is 0 Å². The third-order valence-corrected chi connectivity index (χ3v) is 4.40. The van der Waals surface area contributed by atoms with Gasteiger partial charge in [0.05, 0.1) is 12.2 Å². The molecule has 0 saturated heterocycles. The number of carbonyl (C=O) groups excluding carboxylic acids is 2. The molecule has 0 unspecified atom stereocenters. The number of alkyl halides is 1. The van der Waals surface area contributed by atoms with Crippen LogP contribution in [0.3, 0.4) is 0 Å². The summed E-state index contributed by atoms with van der Waals surface area (Å²) in [6.07, 6.45) is 2.87. The molecule has 5 nitrogen and oxygen atoms in total. The first kappa shape index (κ1) is 15.1. The van der Waals surface area contributed by atoms with Gasteiger partial charge in [0.25, 0.3) is 0 Å². The largest absolute Gasteiger partial charge is 0.462 e. The van der Waals surface area contributed by atoms with E-state index >= 15 is 0 Å². The highest BCUT2D eigenvalue weighted by Crippen LogP contribution is 2.39. The van der Waals surface area contributed by atoms with Crippen LogP contribution < -0.4 is 10.6 Å². The maximum Gasteiger partial charge on any atom is 0.341 e. The van der Waals surface area contributed by atoms with Crippen molar-refractivity contribution >= 4 is 39.9 Å². The van der Waals surface area contributed by atoms with Gasteiger partial charge in [-0.1, -0.05) is 0 Å². The minimum atomic E-state index is -0.362. The van der Waals surface area contributed by atoms with E-state index in [1.807, 2.05) is 0 Å². The number of rotatable bonds is 5. The van der Waals surface area contributed by atoms with E-state index in [0.29, 0.717) is 29.6 Å². The molecular formula is C13H17ClN2O3S. The lowest BCUT2D eigenvalue weighted by molar-refractivity contribution is 0.0527. The zero-order chi connectivity index (χ0) is 14.5. The van der Waals surface area contributed by atoms with Gasteiger partial charge in [-0.25, -0.2) is 9.59 Å². The maximum atomic E-state index is 12.1. The molecule has 110 valence electrons. The average Bonchev–Trinajstić information content (AvgIpc) is 2.96. The van der Waals surface area contributed by atoms with Crippen LogP contribution in [0.4, 0.5) is 9.80 Å². The van der Waals surface area contributed by atoms with E-state index in [-0.39, 0.29) is 12.0 Å². The van der Waals surface area contributed by atoms with Crippen LogP contribution in [-0.2, 0) is 17.6 Å². The first-order valence-electron chi connectivity index (χ1n) is 6.59. The summed E-state index contributed by atoms with van der Waals surface area (Å²) in [5.74, 6) is -0.0152. The van der Waals surface area contributed by atoms with Crippen LogP contribution in [0.25, 0.3) is 0 Å². The molecule has 0 saturated carbocycles. The lowest BCUT2D eigenvalue weighted by atomic mass is 10.1. The van der Waals surface area contributed by atoms with Crippen LogP contribution in [0, 0.1) is 0 Å². The van der Waals surface area contributed by atoms with E-state index in [4.69, 9.17) is 16.3 Å². The number of halogens is 1. The van der Waals surface area contributed by atoms with Crippen molar-refractivity contribution in [1.29, 1.82) is 0 Å². The van der Waals surface area contributed by atoms with Crippen LogP contribution in [0.5, 0.6) is 0 Å². The highest BCUT2D eigenvalue weighted by atomic mass is 35.5. The Labute approximate surface area is 126 Å². The Balaban J connectivity index is 2.19. The van der Waals surface area contributed by atoms with Gasteiger partial charge in [0.15, 0.2) is 0 Å². The Morgan fingerprint density at radius 2 is 2.20 bits per heavy atom. The zero-order valence-corrected chi connectivity index (χ0v) is 12.8. The fraction of sp³-hybridized carbons (Fsp3) is 0.538. The number of hydrogen-bond donors (Lipinski definition) is 2. The van der Waals surface area contributed by atoms with Crippen molar-refractivity contribution in [2.24, 2.45) is 0 Å². The molecule has 0 aromatic carbocycles. The summed E-state index contributed by atoms with van der Waals surface area (Å²) < 4.78 is 5.09. The molecular weight excluding hydrogens is 300 g/mol. The first-order valence-corrected chi connectivity index (χ1v) is 7.95. The summed E-state index contributed by atoms with van der Waals surface area (Å²) in [4.78, 5) is 24.9. The second-order valence-electron chi connectivity index (χ2n) is 4.35. The molecule has 1 aliphatic carbocycles. The number of esters is 1. The molecule has 0 bridgehead atoms. The highest BCUT2D eigenvalue weighted by molar-refractivity contribution is 7.17. The van der Waals surface area contributed by atoms with E-state index in [2.05, 4.69) is 10.6 Å². The van der Waals surface area contributed by atoms with E-state index in [1.165, 1.54) is 16.2 Å². The number of urea groups is 1. The standard InChI is InChI=1S/C13H17ClN2O3S/c1-2-19-12(17)10-8-4-3-5-9(8)20-11(10)16-13(18)15-7-6-14/h2-7H2,1H3,(H2,15,16,18). The number of hydrogen-bond acceptors (Lipinski definition) is 4. The number of nitrogens with one attached hydrogen (secondary N) is 2. The van der Waals surface area contributed by atoms with E-state index < -0.39 is 0 Å². The van der Waals surface area contributed by atoms with Gasteiger partial charge in [-0.3, -0.25) is 5.32 Å². The highest BCUT2D eigenvalue weighted by Gasteiger charge is 2.28. The Morgan fingerprint density at radius 1 is 1.40 bits per heavy atom. The Hall–Kier alpha value is -1.27. The normalized spacial score (nSPS) is 12.9. The van der Waals surface area contributed by atoms with Crippen molar-refractivity contribution in [2.45, 2.75) is 26.2 Å². The number of aryl methyl sites for hydroxylation is 1. The number of fused-ring (bicyclic) bond motifs is 1. The van der Waals surface area contributed by atoms with Gasteiger partial charge in [-0.2, -0.15) is 0 Å². The third-order valence-electron chi connectivity index (χ3n) is 3.01. The molecule has 2 amide bonds. The topological polar surface area (TPSA) is 67.4 Å². The Morgan fingerprint density at radius 3 is 2.90 bits per heavy atom. The third kappa shape index (κ3) is 3.24. The summed E-state index contributed by atoms with van der Waals surface area (Å²) in [7, 11) is 0. The molecule has 0 fully saturated rings. The number of carbonyl (C=O) groups is 2. The lowest BCUT2D eigenvalue weighted by Crippen LogP contribution is -2.30. The van der Waals surface area contributed by atoms with Crippen molar-refractivity contribution < 1.29 is 14.3 Å². The number of thiophene rings is 1. The summed E-state index contributed by atoms with van der Waals surface area (Å²) in [5, 5.41) is 5.91. The van der Waals surface area contributed by atoms with Crippen molar-refractivity contribution in [1.82, 2.24) is 5.32 Å². The summed E-state index contributed by atoms with van der Waals surface area (Å²) in [6, 6.07) is -0.351. The van der Waals surface area contributed by atoms with Crippen LogP contribution in [0.15, 0.2) is 0 Å². The van der Waals surface area contributed by atoms with Crippen molar-refractivity contribution in [3.05, 3.63) is 16.0 Å². The van der Waals surface area contributed by atoms with Gasteiger partial charge in [-0.15, -0.1) is 22.9 Å². The quantitative estimate of drug-likeness (QED) is 0.648. The smallest absolute Gasteiger partial charge is 0.341 e. The fourth-order valence-corrected chi connectivity index (χ4v) is 3.59. The maximum absolute atomic E-state index is 12.1. The van der Waals surface area contributed by atoms with E-state index in [1.54, 1.807) is 6.92 Å². The lowest BCUT2D eigenvalue weighted by Gasteiger charge is -2.08. The average molecular weight is 317 g/mol. The fourth-order valence-electron chi connectivity index (χ4n) is 2.22. The molecule has 0 atom stereocenters. The van der Waals surface area contributed by atoms with Gasteiger partial charge >= 0.3 is 12.0 Å². The van der Waals surface area contributed by atoms with E-state index in [0.717, 1.165) is 24.8 Å². The van der Waals surface area contributed by atoms with Gasteiger partial charge in [0, 0.05) is 17.3 Å². The van der Waals surface area contributed by atoms with Crippen LogP contribution in [-0.4, -0.2) is 31.0 Å².